The fourth-order valence-electron chi connectivity index (χ4n) is 2.23. The van der Waals surface area contributed by atoms with E-state index in [0.717, 1.165) is 0 Å². The molecule has 2 rings (SSSR count). The van der Waals surface area contributed by atoms with Gasteiger partial charge < -0.3 is 5.73 Å². The van der Waals surface area contributed by atoms with Crippen molar-refractivity contribution in [2.24, 2.45) is 11.7 Å². The molecule has 0 radical (unpaired) electrons. The molecule has 1 saturated carbocycles. The van der Waals surface area contributed by atoms with Gasteiger partial charge in [0.05, 0.1) is 0 Å². The third-order valence-corrected chi connectivity index (χ3v) is 4.87. The van der Waals surface area contributed by atoms with Crippen LogP contribution in [0.25, 0.3) is 0 Å². The molecular weight excluding hydrogens is 258 g/mol. The highest BCUT2D eigenvalue weighted by molar-refractivity contribution is 9.10. The van der Waals surface area contributed by atoms with Crippen LogP contribution >= 0.6 is 27.3 Å². The van der Waals surface area contributed by atoms with Crippen LogP contribution in [0.5, 0.6) is 0 Å². The zero-order valence-corrected chi connectivity index (χ0v) is 10.6. The van der Waals surface area contributed by atoms with E-state index in [1.807, 2.05) is 0 Å². The first-order chi connectivity index (χ1) is 6.77. The van der Waals surface area contributed by atoms with Crippen LogP contribution in [0.2, 0.25) is 0 Å². The van der Waals surface area contributed by atoms with Crippen molar-refractivity contribution in [1.82, 2.24) is 0 Å². The first-order valence-corrected chi connectivity index (χ1v) is 6.94. The summed E-state index contributed by atoms with van der Waals surface area (Å²) in [6.07, 6.45) is 6.76. The monoisotopic (exact) mass is 273 g/mol. The Labute approximate surface area is 97.8 Å². The number of rotatable bonds is 2. The Morgan fingerprint density at radius 1 is 1.36 bits per heavy atom. The van der Waals surface area contributed by atoms with Crippen LogP contribution < -0.4 is 5.73 Å². The quantitative estimate of drug-likeness (QED) is 0.863. The van der Waals surface area contributed by atoms with E-state index in [0.29, 0.717) is 5.92 Å². The van der Waals surface area contributed by atoms with Crippen LogP contribution in [-0.4, -0.2) is 0 Å². The Morgan fingerprint density at radius 3 is 2.64 bits per heavy atom. The minimum absolute atomic E-state index is 0.270. The lowest BCUT2D eigenvalue weighted by molar-refractivity contribution is 0.310. The molecule has 1 aromatic heterocycles. The summed E-state index contributed by atoms with van der Waals surface area (Å²) in [5.41, 5.74) is 6.27. The molecule has 0 bridgehead atoms. The van der Waals surface area contributed by atoms with Gasteiger partial charge in [-0.15, -0.1) is 11.3 Å². The summed E-state index contributed by atoms with van der Waals surface area (Å²) in [7, 11) is 0. The van der Waals surface area contributed by atoms with Crippen molar-refractivity contribution in [2.45, 2.75) is 38.1 Å². The van der Waals surface area contributed by atoms with Crippen LogP contribution in [0.4, 0.5) is 0 Å². The number of hydrogen-bond acceptors (Lipinski definition) is 2. The Morgan fingerprint density at radius 2 is 2.07 bits per heavy atom. The molecule has 2 N–H and O–H groups in total. The maximum absolute atomic E-state index is 6.27. The standard InChI is InChI=1S/C11H16BrNS/c12-9-6-10(14-7-9)11(13)8-4-2-1-3-5-8/h6-8,11H,1-5,13H2/t11-/m0/s1. The van der Waals surface area contributed by atoms with Gasteiger partial charge in [0.25, 0.3) is 0 Å². The highest BCUT2D eigenvalue weighted by Gasteiger charge is 2.22. The van der Waals surface area contributed by atoms with E-state index >= 15 is 0 Å². The van der Waals surface area contributed by atoms with E-state index in [-0.39, 0.29) is 6.04 Å². The van der Waals surface area contributed by atoms with Crippen molar-refractivity contribution < 1.29 is 0 Å². The molecule has 0 aromatic carbocycles. The SMILES string of the molecule is N[C@H](c1cc(Br)cs1)C1CCCCC1. The van der Waals surface area contributed by atoms with Crippen molar-refractivity contribution in [2.75, 3.05) is 0 Å². The van der Waals surface area contributed by atoms with E-state index in [9.17, 15) is 0 Å². The van der Waals surface area contributed by atoms with E-state index in [1.54, 1.807) is 11.3 Å². The van der Waals surface area contributed by atoms with Gasteiger partial charge in [-0.2, -0.15) is 0 Å². The lowest BCUT2D eigenvalue weighted by Gasteiger charge is -2.26. The van der Waals surface area contributed by atoms with Crippen molar-refractivity contribution in [3.8, 4) is 0 Å². The second-order valence-corrected chi connectivity index (χ2v) is 5.95. The summed E-state index contributed by atoms with van der Waals surface area (Å²) in [4.78, 5) is 1.34. The average Bonchev–Trinajstić information content (AvgIpc) is 2.65. The summed E-state index contributed by atoms with van der Waals surface area (Å²) < 4.78 is 1.17. The number of hydrogen-bond donors (Lipinski definition) is 1. The minimum atomic E-state index is 0.270. The highest BCUT2D eigenvalue weighted by atomic mass is 79.9. The van der Waals surface area contributed by atoms with Crippen molar-refractivity contribution in [1.29, 1.82) is 0 Å². The highest BCUT2D eigenvalue weighted by Crippen LogP contribution is 2.35. The Bertz CT molecular complexity index is 291. The molecule has 3 heteroatoms. The fourth-order valence-corrected chi connectivity index (χ4v) is 3.77. The number of halogens is 1. The van der Waals surface area contributed by atoms with Crippen molar-refractivity contribution in [3.05, 3.63) is 20.8 Å². The molecule has 0 saturated heterocycles. The first kappa shape index (κ1) is 10.7. The molecule has 78 valence electrons. The molecule has 0 aliphatic heterocycles. The molecule has 0 spiro atoms. The van der Waals surface area contributed by atoms with Crippen molar-refractivity contribution in [3.63, 3.8) is 0 Å². The molecule has 1 aliphatic rings. The zero-order valence-electron chi connectivity index (χ0n) is 8.21. The molecule has 1 nitrogen and oxygen atoms in total. The Balaban J connectivity index is 2.03. The summed E-state index contributed by atoms with van der Waals surface area (Å²) in [5.74, 6) is 0.717. The molecule has 1 heterocycles. The van der Waals surface area contributed by atoms with Gasteiger partial charge in [-0.05, 0) is 40.8 Å². The predicted octanol–water partition coefficient (Wildman–Crippen LogP) is 4.09. The molecule has 0 unspecified atom stereocenters. The van der Waals surface area contributed by atoms with E-state index in [2.05, 4.69) is 27.4 Å². The maximum Gasteiger partial charge on any atom is 0.0418 e. The summed E-state index contributed by atoms with van der Waals surface area (Å²) in [5, 5.41) is 2.12. The summed E-state index contributed by atoms with van der Waals surface area (Å²) in [6.45, 7) is 0. The summed E-state index contributed by atoms with van der Waals surface area (Å²) in [6, 6.07) is 2.44. The molecule has 14 heavy (non-hydrogen) atoms. The van der Waals surface area contributed by atoms with Gasteiger partial charge >= 0.3 is 0 Å². The van der Waals surface area contributed by atoms with Gasteiger partial charge in [0.2, 0.25) is 0 Å². The van der Waals surface area contributed by atoms with Gasteiger partial charge in [0.15, 0.2) is 0 Å². The molecule has 1 fully saturated rings. The second kappa shape index (κ2) is 4.77. The van der Waals surface area contributed by atoms with Crippen LogP contribution in [-0.2, 0) is 0 Å². The molecule has 1 aliphatic carbocycles. The third kappa shape index (κ3) is 2.38. The second-order valence-electron chi connectivity index (χ2n) is 4.09. The first-order valence-electron chi connectivity index (χ1n) is 5.27. The number of nitrogens with two attached hydrogens (primary N) is 1. The largest absolute Gasteiger partial charge is 0.323 e. The van der Waals surface area contributed by atoms with E-state index < -0.39 is 0 Å². The van der Waals surface area contributed by atoms with Crippen LogP contribution in [0, 0.1) is 5.92 Å². The lowest BCUT2D eigenvalue weighted by atomic mass is 9.84. The van der Waals surface area contributed by atoms with Gasteiger partial charge in [0.1, 0.15) is 0 Å². The molecule has 0 amide bonds. The Kier molecular flexibility index (Phi) is 3.63. The minimum Gasteiger partial charge on any atom is -0.323 e. The number of thiophene rings is 1. The van der Waals surface area contributed by atoms with Gasteiger partial charge in [-0.1, -0.05) is 19.3 Å². The third-order valence-electron chi connectivity index (χ3n) is 3.07. The smallest absolute Gasteiger partial charge is 0.0418 e. The van der Waals surface area contributed by atoms with Crippen LogP contribution in [0.1, 0.15) is 43.0 Å². The maximum atomic E-state index is 6.27. The molecule has 1 aromatic rings. The van der Waals surface area contributed by atoms with Crippen LogP contribution in [0.15, 0.2) is 15.9 Å². The van der Waals surface area contributed by atoms with Crippen LogP contribution in [0.3, 0.4) is 0 Å². The summed E-state index contributed by atoms with van der Waals surface area (Å²) >= 11 is 5.26. The molecule has 1 atom stereocenters. The van der Waals surface area contributed by atoms with Crippen molar-refractivity contribution >= 4 is 27.3 Å². The normalized spacial score (nSPS) is 21.0. The topological polar surface area (TPSA) is 26.0 Å². The van der Waals surface area contributed by atoms with Gasteiger partial charge in [0, 0.05) is 20.8 Å². The molecular formula is C11H16BrNS. The van der Waals surface area contributed by atoms with E-state index in [4.69, 9.17) is 5.73 Å². The van der Waals surface area contributed by atoms with E-state index in [1.165, 1.54) is 41.5 Å². The predicted molar refractivity (Wildman–Crippen MR) is 65.5 cm³/mol. The van der Waals surface area contributed by atoms with Gasteiger partial charge in [-0.25, -0.2) is 0 Å². The lowest BCUT2D eigenvalue weighted by Crippen LogP contribution is -2.22. The fraction of sp³-hybridized carbons (Fsp3) is 0.636. The zero-order chi connectivity index (χ0) is 9.97. The van der Waals surface area contributed by atoms with Gasteiger partial charge in [-0.3, -0.25) is 0 Å². The average molecular weight is 274 g/mol. The Hall–Kier alpha value is 0.140.